The van der Waals surface area contributed by atoms with E-state index in [1.165, 1.54) is 6.33 Å². The van der Waals surface area contributed by atoms with E-state index in [4.69, 9.17) is 16.7 Å². The molecule has 5 heteroatoms. The smallest absolute Gasteiger partial charge is 0.170 e. The summed E-state index contributed by atoms with van der Waals surface area (Å²) in [6.07, 6.45) is 1.49. The van der Waals surface area contributed by atoms with E-state index in [0.717, 1.165) is 0 Å². The van der Waals surface area contributed by atoms with Crippen LogP contribution >= 0.6 is 11.6 Å². The highest BCUT2D eigenvalue weighted by Crippen LogP contribution is 2.13. The quantitative estimate of drug-likeness (QED) is 0.604. The molecule has 0 aromatic carbocycles. The molecule has 0 aliphatic rings. The predicted octanol–water partition coefficient (Wildman–Crippen LogP) is 0.467. The molecule has 1 heterocycles. The standard InChI is InChI=1S/C5H8ClN3O/c6-4-5(7-1-2-10)9-3-8-4/h3,7,10H,1-2H2,(H,8,9). The molecule has 10 heavy (non-hydrogen) atoms. The summed E-state index contributed by atoms with van der Waals surface area (Å²) in [6.45, 7) is 0.553. The number of nitrogens with one attached hydrogen (secondary N) is 2. The zero-order valence-electron chi connectivity index (χ0n) is 5.26. The summed E-state index contributed by atoms with van der Waals surface area (Å²) >= 11 is 5.59. The number of imidazole rings is 1. The van der Waals surface area contributed by atoms with Crippen LogP contribution in [0.25, 0.3) is 0 Å². The van der Waals surface area contributed by atoms with Crippen molar-refractivity contribution in [2.75, 3.05) is 18.5 Å². The lowest BCUT2D eigenvalue weighted by Gasteiger charge is -1.98. The lowest BCUT2D eigenvalue weighted by atomic mass is 10.6. The van der Waals surface area contributed by atoms with Crippen LogP contribution in [0.15, 0.2) is 6.33 Å². The van der Waals surface area contributed by atoms with Crippen LogP contribution in [-0.4, -0.2) is 28.2 Å². The Morgan fingerprint density at radius 1 is 1.80 bits per heavy atom. The number of nitrogens with zero attached hydrogens (tertiary/aromatic N) is 1. The molecule has 4 nitrogen and oxygen atoms in total. The zero-order valence-corrected chi connectivity index (χ0v) is 6.02. The number of aliphatic hydroxyl groups excluding tert-OH is 1. The Bertz CT molecular complexity index is 201. The lowest BCUT2D eigenvalue weighted by molar-refractivity contribution is 0.311. The van der Waals surface area contributed by atoms with Gasteiger partial charge in [0.25, 0.3) is 0 Å². The molecule has 0 spiro atoms. The highest BCUT2D eigenvalue weighted by atomic mass is 35.5. The molecule has 0 bridgehead atoms. The molecule has 0 saturated heterocycles. The maximum atomic E-state index is 8.42. The van der Waals surface area contributed by atoms with E-state index in [-0.39, 0.29) is 6.61 Å². The summed E-state index contributed by atoms with van der Waals surface area (Å²) < 4.78 is 0. The largest absolute Gasteiger partial charge is 0.395 e. The Morgan fingerprint density at radius 3 is 3.10 bits per heavy atom. The summed E-state index contributed by atoms with van der Waals surface area (Å²) in [5.74, 6) is 0.649. The van der Waals surface area contributed by atoms with Crippen LogP contribution < -0.4 is 5.32 Å². The third-order valence-corrected chi connectivity index (χ3v) is 1.29. The van der Waals surface area contributed by atoms with Gasteiger partial charge in [-0.25, -0.2) is 4.98 Å². The number of aromatic nitrogens is 2. The van der Waals surface area contributed by atoms with Crippen molar-refractivity contribution < 1.29 is 5.11 Å². The highest BCUT2D eigenvalue weighted by Gasteiger charge is 1.98. The Labute approximate surface area is 63.2 Å². The van der Waals surface area contributed by atoms with Gasteiger partial charge in [-0.3, -0.25) is 0 Å². The van der Waals surface area contributed by atoms with Crippen molar-refractivity contribution in [3.05, 3.63) is 11.5 Å². The second-order valence-electron chi connectivity index (χ2n) is 1.72. The first kappa shape index (κ1) is 7.37. The van der Waals surface area contributed by atoms with Crippen LogP contribution in [0.1, 0.15) is 0 Å². The molecule has 1 rings (SSSR count). The Hall–Kier alpha value is -0.740. The van der Waals surface area contributed by atoms with Gasteiger partial charge in [0.2, 0.25) is 0 Å². The molecular formula is C5H8ClN3O. The molecule has 56 valence electrons. The number of anilines is 1. The summed E-state index contributed by atoms with van der Waals surface area (Å²) in [5, 5.41) is 11.7. The van der Waals surface area contributed by atoms with Gasteiger partial charge in [0.15, 0.2) is 5.15 Å². The molecule has 0 amide bonds. The maximum absolute atomic E-state index is 8.42. The molecule has 0 fully saturated rings. The summed E-state index contributed by atoms with van der Waals surface area (Å²) in [7, 11) is 0. The van der Waals surface area contributed by atoms with Crippen molar-refractivity contribution in [1.29, 1.82) is 0 Å². The van der Waals surface area contributed by atoms with Gasteiger partial charge in [-0.05, 0) is 0 Å². The van der Waals surface area contributed by atoms with Crippen LogP contribution in [0.2, 0.25) is 5.15 Å². The Kier molecular flexibility index (Phi) is 2.53. The highest BCUT2D eigenvalue weighted by molar-refractivity contribution is 6.31. The van der Waals surface area contributed by atoms with Crippen molar-refractivity contribution in [2.45, 2.75) is 0 Å². The van der Waals surface area contributed by atoms with Gasteiger partial charge in [-0.1, -0.05) is 11.6 Å². The molecule has 0 aliphatic heterocycles. The van der Waals surface area contributed by atoms with E-state index >= 15 is 0 Å². The van der Waals surface area contributed by atoms with Crippen LogP contribution in [0.5, 0.6) is 0 Å². The van der Waals surface area contributed by atoms with Crippen LogP contribution in [0.4, 0.5) is 5.82 Å². The first-order valence-electron chi connectivity index (χ1n) is 2.88. The van der Waals surface area contributed by atoms with Crippen molar-refractivity contribution >= 4 is 17.4 Å². The summed E-state index contributed by atoms with van der Waals surface area (Å²) in [6, 6.07) is 0. The average molecular weight is 162 g/mol. The van der Waals surface area contributed by atoms with Gasteiger partial charge < -0.3 is 15.4 Å². The predicted molar refractivity (Wildman–Crippen MR) is 39.2 cm³/mol. The number of rotatable bonds is 3. The maximum Gasteiger partial charge on any atom is 0.170 e. The van der Waals surface area contributed by atoms with Gasteiger partial charge in [0.05, 0.1) is 12.9 Å². The summed E-state index contributed by atoms with van der Waals surface area (Å²) in [4.78, 5) is 6.51. The van der Waals surface area contributed by atoms with Crippen molar-refractivity contribution in [3.63, 3.8) is 0 Å². The number of halogens is 1. The van der Waals surface area contributed by atoms with E-state index in [1.54, 1.807) is 0 Å². The molecule has 0 aliphatic carbocycles. The van der Waals surface area contributed by atoms with Gasteiger partial charge >= 0.3 is 0 Å². The number of aliphatic hydroxyl groups is 1. The van der Waals surface area contributed by atoms with E-state index in [9.17, 15) is 0 Å². The third-order valence-electron chi connectivity index (χ3n) is 1.01. The van der Waals surface area contributed by atoms with Crippen molar-refractivity contribution in [2.24, 2.45) is 0 Å². The fraction of sp³-hybridized carbons (Fsp3) is 0.400. The number of hydrogen-bond donors (Lipinski definition) is 3. The monoisotopic (exact) mass is 161 g/mol. The molecule has 1 aromatic heterocycles. The third kappa shape index (κ3) is 1.62. The molecular weight excluding hydrogens is 154 g/mol. The van der Waals surface area contributed by atoms with Gasteiger partial charge in [0, 0.05) is 6.54 Å². The molecule has 1 aromatic rings. The number of aromatic amines is 1. The molecule has 0 saturated carbocycles. The van der Waals surface area contributed by atoms with Crippen LogP contribution in [0.3, 0.4) is 0 Å². The van der Waals surface area contributed by atoms with Gasteiger partial charge in [0.1, 0.15) is 5.82 Å². The number of hydrogen-bond acceptors (Lipinski definition) is 3. The van der Waals surface area contributed by atoms with E-state index in [2.05, 4.69) is 15.3 Å². The SMILES string of the molecule is OCCNc1[nH]cnc1Cl. The minimum atomic E-state index is 0.0787. The first-order valence-corrected chi connectivity index (χ1v) is 3.26. The molecule has 0 unspecified atom stereocenters. The van der Waals surface area contributed by atoms with E-state index in [0.29, 0.717) is 17.5 Å². The lowest BCUT2D eigenvalue weighted by Crippen LogP contribution is -2.05. The fourth-order valence-electron chi connectivity index (χ4n) is 0.582. The fourth-order valence-corrected chi connectivity index (χ4v) is 0.753. The Balaban J connectivity index is 2.49. The normalized spacial score (nSPS) is 9.80. The Morgan fingerprint density at radius 2 is 2.60 bits per heavy atom. The zero-order chi connectivity index (χ0) is 7.40. The number of H-pyrrole nitrogens is 1. The van der Waals surface area contributed by atoms with E-state index in [1.807, 2.05) is 0 Å². The minimum Gasteiger partial charge on any atom is -0.395 e. The minimum absolute atomic E-state index is 0.0787. The average Bonchev–Trinajstić information content (AvgIpc) is 2.31. The van der Waals surface area contributed by atoms with Crippen LogP contribution in [-0.2, 0) is 0 Å². The van der Waals surface area contributed by atoms with Crippen LogP contribution in [0, 0.1) is 0 Å². The summed E-state index contributed by atoms with van der Waals surface area (Å²) in [5.41, 5.74) is 0. The molecule has 3 N–H and O–H groups in total. The van der Waals surface area contributed by atoms with Crippen molar-refractivity contribution in [1.82, 2.24) is 9.97 Å². The molecule has 0 radical (unpaired) electrons. The second kappa shape index (κ2) is 3.43. The van der Waals surface area contributed by atoms with Gasteiger partial charge in [-0.15, -0.1) is 0 Å². The van der Waals surface area contributed by atoms with Crippen molar-refractivity contribution in [3.8, 4) is 0 Å². The van der Waals surface area contributed by atoms with Gasteiger partial charge in [-0.2, -0.15) is 0 Å². The topological polar surface area (TPSA) is 60.9 Å². The van der Waals surface area contributed by atoms with E-state index < -0.39 is 0 Å². The molecule has 0 atom stereocenters. The first-order chi connectivity index (χ1) is 4.84. The second-order valence-corrected chi connectivity index (χ2v) is 2.08.